The Morgan fingerprint density at radius 3 is 2.10 bits per heavy atom. The highest BCUT2D eigenvalue weighted by Crippen LogP contribution is 2.07. The number of unbranched alkanes of at least 4 members (excludes halogenated alkanes) is 3. The van der Waals surface area contributed by atoms with E-state index in [2.05, 4.69) is 67.6 Å². The lowest BCUT2D eigenvalue weighted by molar-refractivity contribution is 0.701. The molecule has 0 N–H and O–H groups in total. The minimum Gasteiger partial charge on any atom is -0.0654 e. The highest BCUT2D eigenvalue weighted by molar-refractivity contribution is 6.53. The molecule has 21 heavy (non-hydrogen) atoms. The zero-order valence-corrected chi connectivity index (χ0v) is 13.9. The van der Waals surface area contributed by atoms with Gasteiger partial charge in [0.2, 0.25) is 0 Å². The first-order chi connectivity index (χ1) is 10.4. The van der Waals surface area contributed by atoms with Crippen molar-refractivity contribution in [1.29, 1.82) is 0 Å². The maximum atomic E-state index is 2.28. The molecular weight excluding hydrogens is 268 g/mol. The molecule has 1 heteroatoms. The molecule has 0 aliphatic carbocycles. The summed E-state index contributed by atoms with van der Waals surface area (Å²) in [6.45, 7) is 2.27. The topological polar surface area (TPSA) is 0 Å². The Hall–Kier alpha value is -1.60. The monoisotopic (exact) mass is 292 g/mol. The van der Waals surface area contributed by atoms with E-state index in [-0.39, 0.29) is 0 Å². The average Bonchev–Trinajstić information content (AvgIpc) is 2.55. The van der Waals surface area contributed by atoms with Gasteiger partial charge in [0, 0.05) is 0 Å². The van der Waals surface area contributed by atoms with Crippen LogP contribution in [-0.2, 0) is 0 Å². The van der Waals surface area contributed by atoms with Crippen LogP contribution in [0.2, 0.25) is 6.04 Å². The van der Waals surface area contributed by atoms with Gasteiger partial charge in [0.1, 0.15) is 0 Å². The summed E-state index contributed by atoms with van der Waals surface area (Å²) in [7, 11) is 0.963. The molecule has 0 amide bonds. The molecule has 2 radical (unpaired) electrons. The largest absolute Gasteiger partial charge is 0.0807 e. The number of hydrogen-bond acceptors (Lipinski definition) is 0. The van der Waals surface area contributed by atoms with Crippen molar-refractivity contribution in [3.63, 3.8) is 0 Å². The van der Waals surface area contributed by atoms with Crippen molar-refractivity contribution in [2.75, 3.05) is 0 Å². The molecule has 2 aromatic carbocycles. The zero-order chi connectivity index (χ0) is 14.8. The molecule has 0 saturated carbocycles. The van der Waals surface area contributed by atoms with Crippen molar-refractivity contribution in [2.45, 2.75) is 38.7 Å². The Labute approximate surface area is 131 Å². The number of rotatable bonds is 8. The molecule has 0 aliphatic rings. The fourth-order valence-electron chi connectivity index (χ4n) is 2.25. The van der Waals surface area contributed by atoms with Crippen LogP contribution in [0.15, 0.2) is 54.6 Å². The highest BCUT2D eigenvalue weighted by atomic mass is 28.2. The summed E-state index contributed by atoms with van der Waals surface area (Å²) in [5.41, 5.74) is 2.53. The van der Waals surface area contributed by atoms with E-state index in [1.54, 1.807) is 0 Å². The molecule has 0 fully saturated rings. The molecule has 0 bridgehead atoms. The first-order valence-corrected chi connectivity index (χ1v) is 9.16. The van der Waals surface area contributed by atoms with E-state index < -0.39 is 0 Å². The first-order valence-electron chi connectivity index (χ1n) is 7.95. The minimum absolute atomic E-state index is 0.963. The quantitative estimate of drug-likeness (QED) is 0.357. The Balaban J connectivity index is 1.80. The van der Waals surface area contributed by atoms with Gasteiger partial charge in [-0.15, -0.1) is 0 Å². The van der Waals surface area contributed by atoms with E-state index in [1.807, 2.05) is 6.07 Å². The SMILES string of the molecule is CCCCCC[Si]c1ccc(/C=C/c2ccccc2)cc1. The van der Waals surface area contributed by atoms with Gasteiger partial charge < -0.3 is 0 Å². The molecule has 2 aromatic rings. The highest BCUT2D eigenvalue weighted by Gasteiger charge is 1.95. The molecular formula is C20H24Si. The fourth-order valence-corrected chi connectivity index (χ4v) is 3.37. The summed E-state index contributed by atoms with van der Waals surface area (Å²) in [5, 5.41) is 1.49. The van der Waals surface area contributed by atoms with Gasteiger partial charge in [-0.2, -0.15) is 0 Å². The van der Waals surface area contributed by atoms with E-state index in [9.17, 15) is 0 Å². The molecule has 0 aliphatic heterocycles. The third-order valence-electron chi connectivity index (χ3n) is 3.54. The van der Waals surface area contributed by atoms with Gasteiger partial charge in [-0.1, -0.05) is 111 Å². The van der Waals surface area contributed by atoms with Crippen LogP contribution in [0.1, 0.15) is 43.7 Å². The molecule has 0 atom stereocenters. The third kappa shape index (κ3) is 6.13. The van der Waals surface area contributed by atoms with E-state index in [4.69, 9.17) is 0 Å². The number of hydrogen-bond donors (Lipinski definition) is 0. The molecule has 0 nitrogen and oxygen atoms in total. The first kappa shape index (κ1) is 15.8. The van der Waals surface area contributed by atoms with Crippen molar-refractivity contribution in [3.8, 4) is 0 Å². The zero-order valence-electron chi connectivity index (χ0n) is 12.9. The van der Waals surface area contributed by atoms with E-state index in [0.717, 1.165) is 9.52 Å². The maximum absolute atomic E-state index is 2.28. The second-order valence-corrected chi connectivity index (χ2v) is 6.78. The number of benzene rings is 2. The van der Waals surface area contributed by atoms with Crippen LogP contribution in [0, 0.1) is 0 Å². The molecule has 0 saturated heterocycles. The molecule has 108 valence electrons. The van der Waals surface area contributed by atoms with Crippen LogP contribution in [-0.4, -0.2) is 9.52 Å². The van der Waals surface area contributed by atoms with E-state index in [0.29, 0.717) is 0 Å². The lowest BCUT2D eigenvalue weighted by Gasteiger charge is -2.01. The summed E-state index contributed by atoms with van der Waals surface area (Å²) in [6.07, 6.45) is 9.83. The van der Waals surface area contributed by atoms with Crippen molar-refractivity contribution in [2.24, 2.45) is 0 Å². The summed E-state index contributed by atoms with van der Waals surface area (Å²) in [6, 6.07) is 20.8. The summed E-state index contributed by atoms with van der Waals surface area (Å²) in [5.74, 6) is 0. The van der Waals surface area contributed by atoms with Crippen LogP contribution in [0.25, 0.3) is 12.2 Å². The van der Waals surface area contributed by atoms with Crippen molar-refractivity contribution in [3.05, 3.63) is 65.7 Å². The van der Waals surface area contributed by atoms with Crippen LogP contribution in [0.4, 0.5) is 0 Å². The Kier molecular flexibility index (Phi) is 7.03. The fraction of sp³-hybridized carbons (Fsp3) is 0.300. The second kappa shape index (κ2) is 9.35. The smallest absolute Gasteiger partial charge is 0.0654 e. The van der Waals surface area contributed by atoms with Gasteiger partial charge in [0.05, 0.1) is 9.52 Å². The normalized spacial score (nSPS) is 11.1. The second-order valence-electron chi connectivity index (χ2n) is 5.35. The molecule has 2 rings (SSSR count). The molecule has 0 aromatic heterocycles. The Bertz CT molecular complexity index is 526. The Morgan fingerprint density at radius 1 is 0.762 bits per heavy atom. The lowest BCUT2D eigenvalue weighted by Crippen LogP contribution is -2.12. The molecule has 0 spiro atoms. The van der Waals surface area contributed by atoms with Gasteiger partial charge in [0.15, 0.2) is 0 Å². The van der Waals surface area contributed by atoms with Gasteiger partial charge in [-0.25, -0.2) is 0 Å². The van der Waals surface area contributed by atoms with Crippen LogP contribution in [0.3, 0.4) is 0 Å². The van der Waals surface area contributed by atoms with Crippen molar-refractivity contribution >= 4 is 26.9 Å². The molecule has 0 unspecified atom stereocenters. The summed E-state index contributed by atoms with van der Waals surface area (Å²) >= 11 is 0. The van der Waals surface area contributed by atoms with Gasteiger partial charge >= 0.3 is 0 Å². The van der Waals surface area contributed by atoms with Crippen LogP contribution in [0.5, 0.6) is 0 Å². The predicted molar refractivity (Wildman–Crippen MR) is 96.1 cm³/mol. The van der Waals surface area contributed by atoms with Gasteiger partial charge in [0.25, 0.3) is 0 Å². The summed E-state index contributed by atoms with van der Waals surface area (Å²) < 4.78 is 0. The van der Waals surface area contributed by atoms with Crippen LogP contribution >= 0.6 is 0 Å². The minimum atomic E-state index is 0.963. The van der Waals surface area contributed by atoms with Gasteiger partial charge in [-0.3, -0.25) is 0 Å². The third-order valence-corrected chi connectivity index (χ3v) is 4.88. The average molecular weight is 292 g/mol. The van der Waals surface area contributed by atoms with Crippen molar-refractivity contribution < 1.29 is 0 Å². The van der Waals surface area contributed by atoms with Gasteiger partial charge in [-0.05, 0) is 11.1 Å². The summed E-state index contributed by atoms with van der Waals surface area (Å²) in [4.78, 5) is 0. The Morgan fingerprint density at radius 2 is 1.43 bits per heavy atom. The molecule has 0 heterocycles. The van der Waals surface area contributed by atoms with Crippen molar-refractivity contribution in [1.82, 2.24) is 0 Å². The van der Waals surface area contributed by atoms with E-state index in [1.165, 1.54) is 48.0 Å². The standard InChI is InChI=1S/C20H24Si/c1-2-3-4-8-17-21-20-15-13-19(14-16-20)12-11-18-9-6-5-7-10-18/h5-7,9-16H,2-4,8,17H2,1H3/b12-11+. The van der Waals surface area contributed by atoms with E-state index >= 15 is 0 Å². The van der Waals surface area contributed by atoms with Crippen LogP contribution < -0.4 is 5.19 Å². The lowest BCUT2D eigenvalue weighted by atomic mass is 10.1. The predicted octanol–water partition coefficient (Wildman–Crippen LogP) is 5.19. The maximum Gasteiger partial charge on any atom is 0.0807 e.